The number of hydrogen-bond acceptors (Lipinski definition) is 4. The van der Waals surface area contributed by atoms with Crippen LogP contribution in [0, 0.1) is 5.92 Å². The van der Waals surface area contributed by atoms with E-state index in [0.717, 1.165) is 11.1 Å². The van der Waals surface area contributed by atoms with E-state index in [1.807, 2.05) is 64.1 Å². The summed E-state index contributed by atoms with van der Waals surface area (Å²) in [5.41, 5.74) is 2.51. The molecule has 2 aliphatic heterocycles. The molecular weight excluding hydrogens is 470 g/mol. The second kappa shape index (κ2) is 9.62. The highest BCUT2D eigenvalue weighted by molar-refractivity contribution is 8.01. The molecule has 3 atom stereocenters. The van der Waals surface area contributed by atoms with E-state index in [1.165, 1.54) is 0 Å². The number of hydrogen-bond donors (Lipinski definition) is 2. The minimum absolute atomic E-state index is 0.133. The van der Waals surface area contributed by atoms with Crippen LogP contribution in [0.4, 0.5) is 0 Å². The first-order valence-electron chi connectivity index (χ1n) is 11.5. The third-order valence-electron chi connectivity index (χ3n) is 6.26. The van der Waals surface area contributed by atoms with E-state index in [4.69, 9.17) is 11.6 Å². The SMILES string of the molecule is CC(C)C[C@H](NC(=O)[C@H]1N2C(=O)c3ccccc3C2SC1(C)C)C(=O)NCc1ccc(Cl)cc1. The maximum Gasteiger partial charge on any atom is 0.256 e. The second-order valence-electron chi connectivity index (χ2n) is 9.81. The molecule has 2 aromatic carbocycles. The van der Waals surface area contributed by atoms with Gasteiger partial charge in [-0.2, -0.15) is 0 Å². The summed E-state index contributed by atoms with van der Waals surface area (Å²) in [6.45, 7) is 8.32. The van der Waals surface area contributed by atoms with Crippen LogP contribution in [0.15, 0.2) is 48.5 Å². The molecule has 0 spiro atoms. The van der Waals surface area contributed by atoms with E-state index in [1.54, 1.807) is 28.8 Å². The summed E-state index contributed by atoms with van der Waals surface area (Å²) in [5, 5.41) is 6.33. The average molecular weight is 500 g/mol. The van der Waals surface area contributed by atoms with Gasteiger partial charge in [-0.15, -0.1) is 11.8 Å². The van der Waals surface area contributed by atoms with E-state index >= 15 is 0 Å². The fraction of sp³-hybridized carbons (Fsp3) is 0.423. The molecule has 1 unspecified atom stereocenters. The van der Waals surface area contributed by atoms with E-state index in [9.17, 15) is 14.4 Å². The van der Waals surface area contributed by atoms with Gasteiger partial charge in [0.2, 0.25) is 11.8 Å². The first-order valence-corrected chi connectivity index (χ1v) is 12.8. The van der Waals surface area contributed by atoms with Gasteiger partial charge < -0.3 is 15.5 Å². The smallest absolute Gasteiger partial charge is 0.256 e. The predicted octanol–water partition coefficient (Wildman–Crippen LogP) is 4.54. The van der Waals surface area contributed by atoms with Crippen molar-refractivity contribution in [2.24, 2.45) is 5.92 Å². The second-order valence-corrected chi connectivity index (χ2v) is 12.0. The van der Waals surface area contributed by atoms with Crippen molar-refractivity contribution in [3.8, 4) is 0 Å². The Labute approximate surface area is 209 Å². The molecule has 1 saturated heterocycles. The average Bonchev–Trinajstić information content (AvgIpc) is 3.21. The van der Waals surface area contributed by atoms with E-state index < -0.39 is 16.8 Å². The van der Waals surface area contributed by atoms with Crippen LogP contribution in [0.3, 0.4) is 0 Å². The zero-order valence-corrected chi connectivity index (χ0v) is 21.4. The minimum atomic E-state index is -0.695. The Morgan fingerprint density at radius 2 is 1.79 bits per heavy atom. The highest BCUT2D eigenvalue weighted by Gasteiger charge is 2.57. The van der Waals surface area contributed by atoms with Crippen LogP contribution in [0.5, 0.6) is 0 Å². The van der Waals surface area contributed by atoms with Crippen molar-refractivity contribution >= 4 is 41.1 Å². The van der Waals surface area contributed by atoms with Gasteiger partial charge >= 0.3 is 0 Å². The first kappa shape index (κ1) is 24.6. The molecule has 2 aromatic rings. The van der Waals surface area contributed by atoms with Crippen LogP contribution < -0.4 is 10.6 Å². The highest BCUT2D eigenvalue weighted by Crippen LogP contribution is 2.56. The molecule has 4 rings (SSSR count). The van der Waals surface area contributed by atoms with Crippen LogP contribution in [-0.4, -0.2) is 39.5 Å². The van der Waals surface area contributed by atoms with E-state index in [2.05, 4.69) is 10.6 Å². The zero-order valence-electron chi connectivity index (χ0n) is 19.8. The molecule has 6 nitrogen and oxygen atoms in total. The number of fused-ring (bicyclic) bond motifs is 3. The number of carbonyl (C=O) groups excluding carboxylic acids is 3. The summed E-state index contributed by atoms with van der Waals surface area (Å²) >= 11 is 7.55. The molecule has 0 aromatic heterocycles. The van der Waals surface area contributed by atoms with Gasteiger partial charge in [-0.3, -0.25) is 14.4 Å². The Kier molecular flexibility index (Phi) is 6.97. The standard InChI is InChI=1S/C26H30ClN3O3S/c1-15(2)13-20(22(31)28-14-16-9-11-17(27)12-10-16)29-23(32)21-26(3,4)34-25-19-8-6-5-7-18(19)24(33)30(21)25/h5-12,15,20-21,25H,13-14H2,1-4H3,(H,28,31)(H,29,32)/t20-,21+,25?/m0/s1. The Morgan fingerprint density at radius 3 is 2.47 bits per heavy atom. The third-order valence-corrected chi connectivity index (χ3v) is 8.05. The zero-order chi connectivity index (χ0) is 24.6. The maximum absolute atomic E-state index is 13.6. The van der Waals surface area contributed by atoms with E-state index in [0.29, 0.717) is 23.6 Å². The number of thioether (sulfide) groups is 1. The molecular formula is C26H30ClN3O3S. The summed E-state index contributed by atoms with van der Waals surface area (Å²) in [6.07, 6.45) is 0.496. The molecule has 0 radical (unpaired) electrons. The van der Waals surface area contributed by atoms with Gasteiger partial charge in [0.25, 0.3) is 5.91 Å². The lowest BCUT2D eigenvalue weighted by molar-refractivity contribution is -0.132. The third kappa shape index (κ3) is 4.82. The summed E-state index contributed by atoms with van der Waals surface area (Å²) in [5.74, 6) is -0.476. The lowest BCUT2D eigenvalue weighted by atomic mass is 9.98. The number of nitrogens with zero attached hydrogens (tertiary/aromatic N) is 1. The van der Waals surface area contributed by atoms with Crippen molar-refractivity contribution in [2.45, 2.75) is 62.9 Å². The van der Waals surface area contributed by atoms with Crippen LogP contribution in [-0.2, 0) is 16.1 Å². The molecule has 8 heteroatoms. The first-order chi connectivity index (χ1) is 16.1. The number of benzene rings is 2. The molecule has 34 heavy (non-hydrogen) atoms. The van der Waals surface area contributed by atoms with Gasteiger partial charge in [0.05, 0.1) is 0 Å². The maximum atomic E-state index is 13.6. The normalized spacial score (nSPS) is 21.2. The topological polar surface area (TPSA) is 78.5 Å². The molecule has 0 bridgehead atoms. The van der Waals surface area contributed by atoms with Crippen LogP contribution in [0.2, 0.25) is 5.02 Å². The van der Waals surface area contributed by atoms with Crippen molar-refractivity contribution in [2.75, 3.05) is 0 Å². The quantitative estimate of drug-likeness (QED) is 0.586. The highest BCUT2D eigenvalue weighted by atomic mass is 35.5. The summed E-state index contributed by atoms with van der Waals surface area (Å²) in [6, 6.07) is 13.4. The monoisotopic (exact) mass is 499 g/mol. The van der Waals surface area contributed by atoms with Crippen molar-refractivity contribution in [3.05, 3.63) is 70.2 Å². The lowest BCUT2D eigenvalue weighted by Gasteiger charge is -2.31. The van der Waals surface area contributed by atoms with Crippen LogP contribution in [0.1, 0.15) is 61.0 Å². The van der Waals surface area contributed by atoms with Crippen molar-refractivity contribution in [1.82, 2.24) is 15.5 Å². The van der Waals surface area contributed by atoms with Gasteiger partial charge in [-0.05, 0) is 55.5 Å². The molecule has 2 aliphatic rings. The fourth-order valence-electron chi connectivity index (χ4n) is 4.67. The van der Waals surface area contributed by atoms with Crippen LogP contribution >= 0.6 is 23.4 Å². The Balaban J connectivity index is 1.50. The van der Waals surface area contributed by atoms with Gasteiger partial charge in [-0.25, -0.2) is 0 Å². The fourth-order valence-corrected chi connectivity index (χ4v) is 6.39. The molecule has 0 saturated carbocycles. The minimum Gasteiger partial charge on any atom is -0.350 e. The molecule has 1 fully saturated rings. The largest absolute Gasteiger partial charge is 0.350 e. The molecule has 3 amide bonds. The molecule has 2 heterocycles. The van der Waals surface area contributed by atoms with Crippen LogP contribution in [0.25, 0.3) is 0 Å². The van der Waals surface area contributed by atoms with Crippen molar-refractivity contribution in [1.29, 1.82) is 0 Å². The number of rotatable bonds is 7. The molecule has 2 N–H and O–H groups in total. The van der Waals surface area contributed by atoms with Crippen molar-refractivity contribution < 1.29 is 14.4 Å². The van der Waals surface area contributed by atoms with Gasteiger partial charge in [0, 0.05) is 21.9 Å². The summed E-state index contributed by atoms with van der Waals surface area (Å²) in [7, 11) is 0. The van der Waals surface area contributed by atoms with Gasteiger partial charge in [0.1, 0.15) is 17.5 Å². The number of halogens is 1. The molecule has 0 aliphatic carbocycles. The van der Waals surface area contributed by atoms with Crippen molar-refractivity contribution in [3.63, 3.8) is 0 Å². The predicted molar refractivity (Wildman–Crippen MR) is 135 cm³/mol. The number of nitrogens with one attached hydrogen (secondary N) is 2. The Hall–Kier alpha value is -2.51. The lowest BCUT2D eigenvalue weighted by Crippen LogP contribution is -2.57. The van der Waals surface area contributed by atoms with Gasteiger partial charge in [-0.1, -0.05) is 55.8 Å². The molecule has 180 valence electrons. The van der Waals surface area contributed by atoms with E-state index in [-0.39, 0.29) is 29.0 Å². The number of amides is 3. The summed E-state index contributed by atoms with van der Waals surface area (Å²) < 4.78 is -0.500. The number of carbonyl (C=O) groups is 3. The summed E-state index contributed by atoms with van der Waals surface area (Å²) in [4.78, 5) is 41.5. The Bertz CT molecular complexity index is 1100. The Morgan fingerprint density at radius 1 is 1.12 bits per heavy atom. The van der Waals surface area contributed by atoms with Gasteiger partial charge in [0.15, 0.2) is 0 Å².